The molecular formula is C26H34OSi3. The maximum atomic E-state index is 12.1. The molecule has 0 unspecified atom stereocenters. The second-order valence-electron chi connectivity index (χ2n) is 11.9. The number of rotatable bonds is 4. The Kier molecular flexibility index (Phi) is 4.74. The third-order valence-electron chi connectivity index (χ3n) is 6.48. The fourth-order valence-corrected chi connectivity index (χ4v) is 9.92. The highest BCUT2D eigenvalue weighted by Crippen LogP contribution is 2.36. The number of hydrogen-bond acceptors (Lipinski definition) is 1. The summed E-state index contributed by atoms with van der Waals surface area (Å²) in [6, 6.07) is 14.0. The fourth-order valence-electron chi connectivity index (χ4n) is 4.98. The maximum Gasteiger partial charge on any atom is 0.150 e. The van der Waals surface area contributed by atoms with Gasteiger partial charge < -0.3 is 0 Å². The molecule has 0 amide bonds. The van der Waals surface area contributed by atoms with Crippen molar-refractivity contribution in [3.05, 3.63) is 42.0 Å². The summed E-state index contributed by atoms with van der Waals surface area (Å²) in [6.45, 7) is 21.9. The van der Waals surface area contributed by atoms with Crippen molar-refractivity contribution in [2.45, 2.75) is 58.9 Å². The van der Waals surface area contributed by atoms with Gasteiger partial charge in [0.25, 0.3) is 0 Å². The highest BCUT2D eigenvalue weighted by Gasteiger charge is 2.29. The van der Waals surface area contributed by atoms with Crippen molar-refractivity contribution in [3.63, 3.8) is 0 Å². The molecule has 4 aromatic carbocycles. The van der Waals surface area contributed by atoms with E-state index in [2.05, 4.69) is 95.3 Å². The van der Waals surface area contributed by atoms with Gasteiger partial charge in [-0.25, -0.2) is 0 Å². The van der Waals surface area contributed by atoms with Gasteiger partial charge in [0, 0.05) is 5.56 Å². The van der Waals surface area contributed by atoms with Gasteiger partial charge in [-0.1, -0.05) is 111 Å². The van der Waals surface area contributed by atoms with Crippen LogP contribution in [0.1, 0.15) is 10.4 Å². The third kappa shape index (κ3) is 3.20. The van der Waals surface area contributed by atoms with Crippen molar-refractivity contribution in [1.29, 1.82) is 0 Å². The molecule has 0 fully saturated rings. The molecule has 0 radical (unpaired) electrons. The standard InChI is InChI=1S/C26H34OSi3/c1-28(2,3)22-14-17(16-27)18-10-11-20-23(29(4,5)6)15-24(30(7,8)9)21-13-12-19(22)25(18)26(20)21/h10-16H,1-9H3. The summed E-state index contributed by atoms with van der Waals surface area (Å²) >= 11 is 0. The summed E-state index contributed by atoms with van der Waals surface area (Å²) in [6.07, 6.45) is 1.06. The first-order chi connectivity index (χ1) is 13.7. The molecule has 4 rings (SSSR count). The van der Waals surface area contributed by atoms with Crippen LogP contribution in [0, 0.1) is 0 Å². The van der Waals surface area contributed by atoms with Gasteiger partial charge >= 0.3 is 0 Å². The minimum absolute atomic E-state index is 0.849. The predicted molar refractivity (Wildman–Crippen MR) is 144 cm³/mol. The first kappa shape index (κ1) is 21.5. The largest absolute Gasteiger partial charge is 0.298 e. The summed E-state index contributed by atoms with van der Waals surface area (Å²) in [4.78, 5) is 12.1. The summed E-state index contributed by atoms with van der Waals surface area (Å²) in [5.74, 6) is 0. The molecule has 0 aromatic heterocycles. The van der Waals surface area contributed by atoms with E-state index in [1.807, 2.05) is 0 Å². The molecule has 0 bridgehead atoms. The maximum absolute atomic E-state index is 12.1. The second kappa shape index (κ2) is 6.62. The summed E-state index contributed by atoms with van der Waals surface area (Å²) in [5.41, 5.74) is 0.849. The summed E-state index contributed by atoms with van der Waals surface area (Å²) < 4.78 is 0. The lowest BCUT2D eigenvalue weighted by molar-refractivity contribution is 0.112. The van der Waals surface area contributed by atoms with E-state index < -0.39 is 24.2 Å². The van der Waals surface area contributed by atoms with E-state index in [4.69, 9.17) is 0 Å². The Bertz CT molecular complexity index is 1260. The lowest BCUT2D eigenvalue weighted by Gasteiger charge is -2.29. The fraction of sp³-hybridized carbons (Fsp3) is 0.346. The average molecular weight is 447 g/mol. The van der Waals surface area contributed by atoms with E-state index in [0.29, 0.717) is 0 Å². The van der Waals surface area contributed by atoms with Gasteiger partial charge in [-0.05, 0) is 32.3 Å². The molecule has 0 heterocycles. The molecule has 4 aromatic rings. The molecule has 0 aliphatic carbocycles. The minimum Gasteiger partial charge on any atom is -0.298 e. The zero-order chi connectivity index (χ0) is 22.2. The van der Waals surface area contributed by atoms with Crippen LogP contribution in [0.25, 0.3) is 32.3 Å². The number of hydrogen-bond donors (Lipinski definition) is 0. The van der Waals surface area contributed by atoms with Crippen molar-refractivity contribution < 1.29 is 4.79 Å². The van der Waals surface area contributed by atoms with Gasteiger partial charge in [-0.3, -0.25) is 4.79 Å². The Balaban J connectivity index is 2.38. The third-order valence-corrected chi connectivity index (χ3v) is 12.6. The number of aldehydes is 1. The molecule has 0 atom stereocenters. The first-order valence-corrected chi connectivity index (χ1v) is 21.5. The van der Waals surface area contributed by atoms with Crippen molar-refractivity contribution in [1.82, 2.24) is 0 Å². The highest BCUT2D eigenvalue weighted by atomic mass is 28.3. The summed E-state index contributed by atoms with van der Waals surface area (Å²) in [7, 11) is -4.71. The molecule has 0 aliphatic heterocycles. The topological polar surface area (TPSA) is 17.1 Å². The molecule has 0 saturated carbocycles. The molecule has 1 nitrogen and oxygen atoms in total. The van der Waals surface area contributed by atoms with Gasteiger partial charge in [-0.2, -0.15) is 0 Å². The van der Waals surface area contributed by atoms with E-state index in [1.54, 1.807) is 10.4 Å². The van der Waals surface area contributed by atoms with E-state index in [0.717, 1.165) is 17.2 Å². The van der Waals surface area contributed by atoms with Crippen LogP contribution in [0.5, 0.6) is 0 Å². The first-order valence-electron chi connectivity index (χ1n) is 11.0. The van der Waals surface area contributed by atoms with E-state index in [-0.39, 0.29) is 0 Å². The van der Waals surface area contributed by atoms with Gasteiger partial charge in [0.1, 0.15) is 0 Å². The second-order valence-corrected chi connectivity index (χ2v) is 27.0. The van der Waals surface area contributed by atoms with Crippen LogP contribution < -0.4 is 15.6 Å². The van der Waals surface area contributed by atoms with Gasteiger partial charge in [0.2, 0.25) is 0 Å². The molecule has 30 heavy (non-hydrogen) atoms. The van der Waals surface area contributed by atoms with Crippen LogP contribution in [0.2, 0.25) is 58.9 Å². The molecule has 0 N–H and O–H groups in total. The SMILES string of the molecule is C[Si](C)(C)c1cc(C=O)c2ccc3c([Si](C)(C)C)cc([Si](C)(C)C)c4ccc1c2c34. The van der Waals surface area contributed by atoms with E-state index in [1.165, 1.54) is 32.1 Å². The number of carbonyl (C=O) groups is 1. The van der Waals surface area contributed by atoms with Crippen molar-refractivity contribution in [3.8, 4) is 0 Å². The Hall–Kier alpha value is -1.76. The van der Waals surface area contributed by atoms with E-state index >= 15 is 0 Å². The Morgan fingerprint density at radius 1 is 0.533 bits per heavy atom. The van der Waals surface area contributed by atoms with Gasteiger partial charge in [0.15, 0.2) is 6.29 Å². The molecule has 156 valence electrons. The van der Waals surface area contributed by atoms with Crippen molar-refractivity contribution in [2.75, 3.05) is 0 Å². The van der Waals surface area contributed by atoms with Crippen molar-refractivity contribution >= 4 is 78.4 Å². The molecule has 0 saturated heterocycles. The molecular weight excluding hydrogens is 413 g/mol. The molecule has 0 spiro atoms. The van der Waals surface area contributed by atoms with E-state index in [9.17, 15) is 4.79 Å². The van der Waals surface area contributed by atoms with Crippen LogP contribution >= 0.6 is 0 Å². The lowest BCUT2D eigenvalue weighted by Crippen LogP contribution is -2.46. The summed E-state index contributed by atoms with van der Waals surface area (Å²) in [5, 5.41) is 12.6. The van der Waals surface area contributed by atoms with Crippen LogP contribution in [-0.4, -0.2) is 30.5 Å². The molecule has 0 aliphatic rings. The van der Waals surface area contributed by atoms with Crippen LogP contribution in [0.15, 0.2) is 36.4 Å². The monoisotopic (exact) mass is 446 g/mol. The zero-order valence-electron chi connectivity index (χ0n) is 19.9. The van der Waals surface area contributed by atoms with Gasteiger partial charge in [0.05, 0.1) is 24.2 Å². The van der Waals surface area contributed by atoms with Crippen LogP contribution in [0.3, 0.4) is 0 Å². The Labute approximate surface area is 183 Å². The number of benzene rings is 4. The Morgan fingerprint density at radius 2 is 0.867 bits per heavy atom. The highest BCUT2D eigenvalue weighted by molar-refractivity contribution is 6.94. The quantitative estimate of drug-likeness (QED) is 0.212. The lowest BCUT2D eigenvalue weighted by atomic mass is 9.92. The smallest absolute Gasteiger partial charge is 0.150 e. The minimum atomic E-state index is -1.62. The average Bonchev–Trinajstić information content (AvgIpc) is 2.62. The normalized spacial score (nSPS) is 13.6. The van der Waals surface area contributed by atoms with Crippen molar-refractivity contribution in [2.24, 2.45) is 0 Å². The van der Waals surface area contributed by atoms with Crippen LogP contribution in [-0.2, 0) is 0 Å². The van der Waals surface area contributed by atoms with Crippen LogP contribution in [0.4, 0.5) is 0 Å². The number of carbonyl (C=O) groups excluding carboxylic acids is 1. The van der Waals surface area contributed by atoms with Gasteiger partial charge in [-0.15, -0.1) is 0 Å². The predicted octanol–water partition coefficient (Wildman–Crippen LogP) is 6.03. The Morgan fingerprint density at radius 3 is 1.23 bits per heavy atom. The molecule has 4 heteroatoms. The zero-order valence-corrected chi connectivity index (χ0v) is 22.9.